The number of rotatable bonds is 4. The maximum absolute atomic E-state index is 12.9. The molecule has 1 aromatic heterocycles. The zero-order valence-corrected chi connectivity index (χ0v) is 15.5. The summed E-state index contributed by atoms with van der Waals surface area (Å²) >= 11 is 6.26. The number of amides is 1. The monoisotopic (exact) mass is 378 g/mol. The average Bonchev–Trinajstić information content (AvgIpc) is 3.24. The van der Waals surface area contributed by atoms with Crippen LogP contribution in [0.5, 0.6) is 0 Å². The van der Waals surface area contributed by atoms with Crippen LogP contribution in [0, 0.1) is 0 Å². The predicted octanol–water partition coefficient (Wildman–Crippen LogP) is 4.78. The van der Waals surface area contributed by atoms with E-state index in [1.807, 2.05) is 53.4 Å². The third-order valence-electron chi connectivity index (χ3n) is 4.51. The average molecular weight is 379 g/mol. The standard InChI is InChI=1S/C21H19ClN4O/c22-16-10-4-5-11-17(16)23-19-14-18(21(27)26-12-6-7-13-26)24-20(25-19)15-8-2-1-3-9-15/h1-5,8-11,14H,6-7,12-13H2,(H,23,24,25). The van der Waals surface area contributed by atoms with Crippen molar-refractivity contribution in [1.29, 1.82) is 0 Å². The molecular formula is C21H19ClN4O. The Morgan fingerprint density at radius 2 is 1.67 bits per heavy atom. The Bertz CT molecular complexity index is 955. The zero-order chi connectivity index (χ0) is 18.6. The number of nitrogens with zero attached hydrogens (tertiary/aromatic N) is 3. The van der Waals surface area contributed by atoms with Crippen LogP contribution in [0.1, 0.15) is 23.3 Å². The molecule has 5 nitrogen and oxygen atoms in total. The molecule has 0 unspecified atom stereocenters. The molecule has 2 heterocycles. The van der Waals surface area contributed by atoms with Crippen molar-refractivity contribution in [3.63, 3.8) is 0 Å². The van der Waals surface area contributed by atoms with Crippen LogP contribution in [0.25, 0.3) is 11.4 Å². The fourth-order valence-corrected chi connectivity index (χ4v) is 3.30. The van der Waals surface area contributed by atoms with Crippen LogP contribution in [-0.4, -0.2) is 33.9 Å². The molecule has 3 aromatic rings. The summed E-state index contributed by atoms with van der Waals surface area (Å²) in [5.41, 5.74) is 1.98. The summed E-state index contributed by atoms with van der Waals surface area (Å²) in [4.78, 5) is 23.9. The van der Waals surface area contributed by atoms with E-state index in [1.165, 1.54) is 0 Å². The first-order chi connectivity index (χ1) is 13.2. The van der Waals surface area contributed by atoms with Gasteiger partial charge in [-0.25, -0.2) is 9.97 Å². The van der Waals surface area contributed by atoms with E-state index in [0.29, 0.717) is 22.4 Å². The van der Waals surface area contributed by atoms with Crippen LogP contribution < -0.4 is 5.32 Å². The third kappa shape index (κ3) is 3.93. The number of anilines is 2. The lowest BCUT2D eigenvalue weighted by molar-refractivity contribution is 0.0787. The molecule has 1 fully saturated rings. The molecule has 1 saturated heterocycles. The normalized spacial score (nSPS) is 13.6. The Morgan fingerprint density at radius 1 is 0.963 bits per heavy atom. The molecule has 1 N–H and O–H groups in total. The molecular weight excluding hydrogens is 360 g/mol. The molecule has 0 bridgehead atoms. The van der Waals surface area contributed by atoms with Crippen LogP contribution in [-0.2, 0) is 0 Å². The Kier molecular flexibility index (Phi) is 5.03. The van der Waals surface area contributed by atoms with Gasteiger partial charge in [-0.05, 0) is 25.0 Å². The van der Waals surface area contributed by atoms with Crippen molar-refractivity contribution in [1.82, 2.24) is 14.9 Å². The van der Waals surface area contributed by atoms with Gasteiger partial charge in [0.25, 0.3) is 5.91 Å². The smallest absolute Gasteiger partial charge is 0.272 e. The molecule has 0 atom stereocenters. The van der Waals surface area contributed by atoms with Gasteiger partial charge in [-0.3, -0.25) is 4.79 Å². The maximum Gasteiger partial charge on any atom is 0.272 e. The highest BCUT2D eigenvalue weighted by atomic mass is 35.5. The Labute approximate surface area is 163 Å². The molecule has 0 saturated carbocycles. The van der Waals surface area contributed by atoms with Gasteiger partial charge >= 0.3 is 0 Å². The number of aromatic nitrogens is 2. The van der Waals surface area contributed by atoms with Gasteiger partial charge < -0.3 is 10.2 Å². The molecule has 27 heavy (non-hydrogen) atoms. The van der Waals surface area contributed by atoms with Crippen molar-refractivity contribution in [2.24, 2.45) is 0 Å². The van der Waals surface area contributed by atoms with E-state index in [-0.39, 0.29) is 5.91 Å². The third-order valence-corrected chi connectivity index (χ3v) is 4.84. The topological polar surface area (TPSA) is 58.1 Å². The van der Waals surface area contributed by atoms with Crippen molar-refractivity contribution in [3.8, 4) is 11.4 Å². The maximum atomic E-state index is 12.9. The fourth-order valence-electron chi connectivity index (χ4n) is 3.12. The SMILES string of the molecule is O=C(c1cc(Nc2ccccc2Cl)nc(-c2ccccc2)n1)N1CCCC1. The Balaban J connectivity index is 1.74. The second-order valence-electron chi connectivity index (χ2n) is 6.43. The van der Waals surface area contributed by atoms with Crippen LogP contribution in [0.2, 0.25) is 5.02 Å². The molecule has 6 heteroatoms. The van der Waals surface area contributed by atoms with Crippen molar-refractivity contribution in [3.05, 3.63) is 71.4 Å². The van der Waals surface area contributed by atoms with Crippen molar-refractivity contribution < 1.29 is 4.79 Å². The van der Waals surface area contributed by atoms with Gasteiger partial charge in [-0.2, -0.15) is 0 Å². The van der Waals surface area contributed by atoms with E-state index < -0.39 is 0 Å². The van der Waals surface area contributed by atoms with E-state index in [9.17, 15) is 4.79 Å². The van der Waals surface area contributed by atoms with Gasteiger partial charge in [0.1, 0.15) is 11.5 Å². The number of halogens is 1. The summed E-state index contributed by atoms with van der Waals surface area (Å²) in [6.45, 7) is 1.55. The van der Waals surface area contributed by atoms with E-state index >= 15 is 0 Å². The highest BCUT2D eigenvalue weighted by molar-refractivity contribution is 6.33. The van der Waals surface area contributed by atoms with Gasteiger partial charge in [0, 0.05) is 24.7 Å². The lowest BCUT2D eigenvalue weighted by Crippen LogP contribution is -2.28. The number of nitrogens with one attached hydrogen (secondary N) is 1. The minimum atomic E-state index is -0.0608. The van der Waals surface area contributed by atoms with Gasteiger partial charge in [0.2, 0.25) is 0 Å². The minimum absolute atomic E-state index is 0.0608. The van der Waals surface area contributed by atoms with Crippen molar-refractivity contribution in [2.45, 2.75) is 12.8 Å². The minimum Gasteiger partial charge on any atom is -0.339 e. The first-order valence-corrected chi connectivity index (χ1v) is 9.34. The second-order valence-corrected chi connectivity index (χ2v) is 6.84. The molecule has 1 amide bonds. The van der Waals surface area contributed by atoms with Crippen molar-refractivity contribution >= 4 is 29.0 Å². The predicted molar refractivity (Wildman–Crippen MR) is 107 cm³/mol. The molecule has 0 radical (unpaired) electrons. The number of hydrogen-bond acceptors (Lipinski definition) is 4. The number of benzene rings is 2. The van der Waals surface area contributed by atoms with E-state index in [0.717, 1.165) is 37.2 Å². The molecule has 0 aliphatic carbocycles. The second kappa shape index (κ2) is 7.76. The first-order valence-electron chi connectivity index (χ1n) is 8.96. The first kappa shape index (κ1) is 17.5. The largest absolute Gasteiger partial charge is 0.339 e. The lowest BCUT2D eigenvalue weighted by Gasteiger charge is -2.16. The molecule has 136 valence electrons. The summed E-state index contributed by atoms with van der Waals surface area (Å²) in [6, 6.07) is 18.8. The molecule has 2 aromatic carbocycles. The van der Waals surface area contributed by atoms with E-state index in [1.54, 1.807) is 12.1 Å². The Hall–Kier alpha value is -2.92. The van der Waals surface area contributed by atoms with Gasteiger partial charge in [-0.15, -0.1) is 0 Å². The van der Waals surface area contributed by atoms with E-state index in [4.69, 9.17) is 11.6 Å². The van der Waals surface area contributed by atoms with Crippen LogP contribution >= 0.6 is 11.6 Å². The number of hydrogen-bond donors (Lipinski definition) is 1. The summed E-state index contributed by atoms with van der Waals surface area (Å²) in [6.07, 6.45) is 2.07. The van der Waals surface area contributed by atoms with Gasteiger partial charge in [-0.1, -0.05) is 54.1 Å². The summed E-state index contributed by atoms with van der Waals surface area (Å²) in [5.74, 6) is 0.990. The number of likely N-dealkylation sites (tertiary alicyclic amines) is 1. The molecule has 1 aliphatic rings. The highest BCUT2D eigenvalue weighted by Crippen LogP contribution is 2.26. The van der Waals surface area contributed by atoms with Crippen LogP contribution in [0.4, 0.5) is 11.5 Å². The highest BCUT2D eigenvalue weighted by Gasteiger charge is 2.22. The summed E-state index contributed by atoms with van der Waals surface area (Å²) in [7, 11) is 0. The summed E-state index contributed by atoms with van der Waals surface area (Å²) in [5, 5.41) is 3.80. The Morgan fingerprint density at radius 3 is 2.41 bits per heavy atom. The lowest BCUT2D eigenvalue weighted by atomic mass is 10.2. The zero-order valence-electron chi connectivity index (χ0n) is 14.7. The van der Waals surface area contributed by atoms with Gasteiger partial charge in [0.15, 0.2) is 5.82 Å². The van der Waals surface area contributed by atoms with Crippen LogP contribution in [0.15, 0.2) is 60.7 Å². The van der Waals surface area contributed by atoms with Crippen LogP contribution in [0.3, 0.4) is 0 Å². The molecule has 1 aliphatic heterocycles. The molecule has 4 rings (SSSR count). The summed E-state index contributed by atoms with van der Waals surface area (Å²) < 4.78 is 0. The fraction of sp³-hybridized carbons (Fsp3) is 0.190. The van der Waals surface area contributed by atoms with E-state index in [2.05, 4.69) is 15.3 Å². The number of carbonyl (C=O) groups is 1. The number of para-hydroxylation sites is 1. The number of carbonyl (C=O) groups excluding carboxylic acids is 1. The van der Waals surface area contributed by atoms with Gasteiger partial charge in [0.05, 0.1) is 10.7 Å². The van der Waals surface area contributed by atoms with Crippen molar-refractivity contribution in [2.75, 3.05) is 18.4 Å². The quantitative estimate of drug-likeness (QED) is 0.710. The molecule has 0 spiro atoms.